The van der Waals surface area contributed by atoms with Crippen molar-refractivity contribution < 1.29 is 22.7 Å². The van der Waals surface area contributed by atoms with E-state index in [1.165, 1.54) is 19.1 Å². The van der Waals surface area contributed by atoms with Crippen LogP contribution in [0.2, 0.25) is 0 Å². The van der Waals surface area contributed by atoms with Gasteiger partial charge in [0.15, 0.2) is 0 Å². The fraction of sp³-hybridized carbons (Fsp3) is 0.391. The van der Waals surface area contributed by atoms with E-state index < -0.39 is 28.5 Å². The number of methoxy groups -OCH3 is 1. The van der Waals surface area contributed by atoms with E-state index in [4.69, 9.17) is 4.74 Å². The molecule has 1 atom stereocenters. The van der Waals surface area contributed by atoms with Crippen LogP contribution in [-0.2, 0) is 26.0 Å². The monoisotopic (exact) mass is 461 g/mol. The van der Waals surface area contributed by atoms with Crippen molar-refractivity contribution in [3.05, 3.63) is 60.2 Å². The van der Waals surface area contributed by atoms with Gasteiger partial charge in [-0.15, -0.1) is 0 Å². The first kappa shape index (κ1) is 25.2. The largest absolute Gasteiger partial charge is 0.497 e. The van der Waals surface area contributed by atoms with Crippen LogP contribution in [-0.4, -0.2) is 64.7 Å². The Labute approximate surface area is 190 Å². The second-order valence-corrected chi connectivity index (χ2v) is 9.24. The van der Waals surface area contributed by atoms with Gasteiger partial charge in [0.2, 0.25) is 21.8 Å². The molecule has 2 aromatic rings. The molecule has 1 N–H and O–H groups in total. The quantitative estimate of drug-likeness (QED) is 0.553. The highest BCUT2D eigenvalue weighted by Gasteiger charge is 2.31. The molecule has 0 aliphatic rings. The van der Waals surface area contributed by atoms with Crippen molar-refractivity contribution in [1.29, 1.82) is 0 Å². The Balaban J connectivity index is 2.35. The van der Waals surface area contributed by atoms with E-state index in [0.717, 1.165) is 16.1 Å². The summed E-state index contributed by atoms with van der Waals surface area (Å²) in [6.07, 6.45) is 1.99. The predicted octanol–water partition coefficient (Wildman–Crippen LogP) is 2.06. The summed E-state index contributed by atoms with van der Waals surface area (Å²) < 4.78 is 31.3. The third-order valence-electron chi connectivity index (χ3n) is 5.14. The molecule has 0 heterocycles. The van der Waals surface area contributed by atoms with Gasteiger partial charge in [-0.2, -0.15) is 0 Å². The van der Waals surface area contributed by atoms with Gasteiger partial charge in [-0.05, 0) is 30.5 Å². The highest BCUT2D eigenvalue weighted by atomic mass is 32.2. The Hall–Kier alpha value is -3.07. The Morgan fingerprint density at radius 2 is 1.78 bits per heavy atom. The number of carbonyl (C=O) groups excluding carboxylic acids is 2. The fourth-order valence-electron chi connectivity index (χ4n) is 3.44. The van der Waals surface area contributed by atoms with Gasteiger partial charge < -0.3 is 15.0 Å². The summed E-state index contributed by atoms with van der Waals surface area (Å²) in [4.78, 5) is 27.3. The predicted molar refractivity (Wildman–Crippen MR) is 125 cm³/mol. The van der Waals surface area contributed by atoms with Gasteiger partial charge in [0.25, 0.3) is 0 Å². The molecule has 0 aliphatic heterocycles. The molecule has 174 valence electrons. The average molecular weight is 462 g/mol. The summed E-state index contributed by atoms with van der Waals surface area (Å²) in [7, 11) is -0.768. The second kappa shape index (κ2) is 11.5. The molecule has 0 saturated heterocycles. The number of anilines is 1. The molecule has 0 saturated carbocycles. The zero-order valence-electron chi connectivity index (χ0n) is 18.9. The lowest BCUT2D eigenvalue weighted by Crippen LogP contribution is -2.52. The van der Waals surface area contributed by atoms with Gasteiger partial charge in [-0.25, -0.2) is 8.42 Å². The topological polar surface area (TPSA) is 96.0 Å². The van der Waals surface area contributed by atoms with Crippen LogP contribution in [0.1, 0.15) is 18.9 Å². The number of sulfonamides is 1. The maximum Gasteiger partial charge on any atom is 0.244 e. The van der Waals surface area contributed by atoms with Crippen molar-refractivity contribution in [2.45, 2.75) is 25.8 Å². The third kappa shape index (κ3) is 6.71. The van der Waals surface area contributed by atoms with Crippen LogP contribution < -0.4 is 14.4 Å². The average Bonchev–Trinajstić information content (AvgIpc) is 2.79. The Morgan fingerprint density at radius 1 is 1.09 bits per heavy atom. The van der Waals surface area contributed by atoms with Crippen molar-refractivity contribution in [2.24, 2.45) is 0 Å². The first-order valence-electron chi connectivity index (χ1n) is 10.4. The molecule has 0 radical (unpaired) electrons. The van der Waals surface area contributed by atoms with E-state index in [2.05, 4.69) is 5.32 Å². The Morgan fingerprint density at radius 3 is 2.34 bits per heavy atom. The van der Waals surface area contributed by atoms with E-state index in [0.29, 0.717) is 24.3 Å². The molecule has 2 rings (SSSR count). The summed E-state index contributed by atoms with van der Waals surface area (Å²) >= 11 is 0. The van der Waals surface area contributed by atoms with Crippen molar-refractivity contribution in [2.75, 3.05) is 37.8 Å². The molecule has 0 aliphatic carbocycles. The van der Waals surface area contributed by atoms with Crippen LogP contribution in [0.4, 0.5) is 5.69 Å². The van der Waals surface area contributed by atoms with Crippen LogP contribution in [0.3, 0.4) is 0 Å². The van der Waals surface area contributed by atoms with Crippen molar-refractivity contribution in [1.82, 2.24) is 10.2 Å². The van der Waals surface area contributed by atoms with Gasteiger partial charge in [0, 0.05) is 19.7 Å². The van der Waals surface area contributed by atoms with Crippen LogP contribution in [0.25, 0.3) is 0 Å². The number of nitrogens with zero attached hydrogens (tertiary/aromatic N) is 2. The van der Waals surface area contributed by atoms with Gasteiger partial charge in [-0.3, -0.25) is 13.9 Å². The van der Waals surface area contributed by atoms with Crippen molar-refractivity contribution in [3.63, 3.8) is 0 Å². The van der Waals surface area contributed by atoms with E-state index in [-0.39, 0.29) is 12.5 Å². The van der Waals surface area contributed by atoms with Gasteiger partial charge in [-0.1, -0.05) is 43.3 Å². The van der Waals surface area contributed by atoms with E-state index >= 15 is 0 Å². The first-order chi connectivity index (χ1) is 15.2. The summed E-state index contributed by atoms with van der Waals surface area (Å²) in [5.41, 5.74) is 1.33. The number of nitrogens with one attached hydrogen (secondary N) is 1. The lowest BCUT2D eigenvalue weighted by Gasteiger charge is -2.32. The standard InChI is InChI=1S/C23H31N3O5S/c1-5-21(23(28)24-2)25(15-14-18-10-7-6-8-11-18)22(27)17-26(32(4,29)30)19-12-9-13-20(16-19)31-3/h6-13,16,21H,5,14-15,17H2,1-4H3,(H,24,28)/t21-/m0/s1. The summed E-state index contributed by atoms with van der Waals surface area (Å²) in [5, 5.41) is 2.60. The molecule has 8 nitrogen and oxygen atoms in total. The Kier molecular flexibility index (Phi) is 9.07. The lowest BCUT2D eigenvalue weighted by molar-refractivity contribution is -0.139. The van der Waals surface area contributed by atoms with E-state index in [1.54, 1.807) is 24.3 Å². The number of hydrogen-bond acceptors (Lipinski definition) is 5. The zero-order chi connectivity index (χ0) is 23.7. The number of amides is 2. The second-order valence-electron chi connectivity index (χ2n) is 7.33. The number of benzene rings is 2. The van der Waals surface area contributed by atoms with Crippen molar-refractivity contribution >= 4 is 27.5 Å². The number of carbonyl (C=O) groups is 2. The normalized spacial score (nSPS) is 12.0. The minimum Gasteiger partial charge on any atom is -0.497 e. The van der Waals surface area contributed by atoms with Crippen LogP contribution >= 0.6 is 0 Å². The van der Waals surface area contributed by atoms with Gasteiger partial charge >= 0.3 is 0 Å². The molecule has 0 aromatic heterocycles. The summed E-state index contributed by atoms with van der Waals surface area (Å²) in [6.45, 7) is 1.68. The molecule has 0 spiro atoms. The lowest BCUT2D eigenvalue weighted by atomic mass is 10.1. The minimum atomic E-state index is -3.77. The first-order valence-corrected chi connectivity index (χ1v) is 12.2. The molecule has 2 aromatic carbocycles. The van der Waals surface area contributed by atoms with E-state index in [1.807, 2.05) is 37.3 Å². The van der Waals surface area contributed by atoms with Gasteiger partial charge in [0.1, 0.15) is 18.3 Å². The fourth-order valence-corrected chi connectivity index (χ4v) is 4.28. The number of hydrogen-bond donors (Lipinski definition) is 1. The molecule has 0 unspecified atom stereocenters. The molecule has 32 heavy (non-hydrogen) atoms. The molecular weight excluding hydrogens is 430 g/mol. The van der Waals surface area contributed by atoms with Crippen LogP contribution in [0.5, 0.6) is 5.75 Å². The van der Waals surface area contributed by atoms with Crippen LogP contribution in [0.15, 0.2) is 54.6 Å². The summed E-state index contributed by atoms with van der Waals surface area (Å²) in [5.74, 6) is -0.271. The number of ether oxygens (including phenoxy) is 1. The van der Waals surface area contributed by atoms with Gasteiger partial charge in [0.05, 0.1) is 19.1 Å². The zero-order valence-corrected chi connectivity index (χ0v) is 19.8. The summed E-state index contributed by atoms with van der Waals surface area (Å²) in [6, 6.07) is 15.4. The molecule has 2 amide bonds. The highest BCUT2D eigenvalue weighted by molar-refractivity contribution is 7.92. The molecule has 9 heteroatoms. The Bertz CT molecular complexity index is 1010. The highest BCUT2D eigenvalue weighted by Crippen LogP contribution is 2.23. The molecule has 0 bridgehead atoms. The maximum absolute atomic E-state index is 13.4. The number of likely N-dealkylation sites (N-methyl/N-ethyl adjacent to an activating group) is 1. The van der Waals surface area contributed by atoms with E-state index in [9.17, 15) is 18.0 Å². The van der Waals surface area contributed by atoms with Crippen LogP contribution in [0, 0.1) is 0 Å². The smallest absolute Gasteiger partial charge is 0.244 e. The number of rotatable bonds is 11. The SMILES string of the molecule is CC[C@@H](C(=O)NC)N(CCc1ccccc1)C(=O)CN(c1cccc(OC)c1)S(C)(=O)=O. The third-order valence-corrected chi connectivity index (χ3v) is 6.28. The molecular formula is C23H31N3O5S. The molecule has 0 fully saturated rings. The minimum absolute atomic E-state index is 0.282. The maximum atomic E-state index is 13.4. The van der Waals surface area contributed by atoms with Crippen molar-refractivity contribution in [3.8, 4) is 5.75 Å².